The Balaban J connectivity index is 2.12. The SMILES string of the molecule is CC1CC([Si](C)(C)NC(C)(C)C)C2CCCCC12. The Bertz CT molecular complexity index is 292. The van der Waals surface area contributed by atoms with Crippen LogP contribution in [0.5, 0.6) is 0 Å². The Morgan fingerprint density at radius 3 is 2.11 bits per heavy atom. The molecule has 4 atom stereocenters. The van der Waals surface area contributed by atoms with Crippen molar-refractivity contribution in [2.45, 2.75) is 84.0 Å². The van der Waals surface area contributed by atoms with Crippen molar-refractivity contribution in [3.8, 4) is 0 Å². The second kappa shape index (κ2) is 4.94. The van der Waals surface area contributed by atoms with Gasteiger partial charge in [-0.1, -0.05) is 39.3 Å². The summed E-state index contributed by atoms with van der Waals surface area (Å²) in [6, 6.07) is 0. The lowest BCUT2D eigenvalue weighted by molar-refractivity contribution is 0.235. The van der Waals surface area contributed by atoms with Crippen LogP contribution in [0.3, 0.4) is 0 Å². The summed E-state index contributed by atoms with van der Waals surface area (Å²) in [6.07, 6.45) is 7.51. The molecule has 2 fully saturated rings. The van der Waals surface area contributed by atoms with Crippen molar-refractivity contribution in [2.75, 3.05) is 0 Å². The maximum atomic E-state index is 4.03. The fourth-order valence-corrected chi connectivity index (χ4v) is 9.60. The predicted octanol–water partition coefficient (Wildman–Crippen LogP) is 4.80. The summed E-state index contributed by atoms with van der Waals surface area (Å²) < 4.78 is 0. The third-order valence-electron chi connectivity index (χ3n) is 5.37. The van der Waals surface area contributed by atoms with E-state index in [1.807, 2.05) is 0 Å². The molecule has 2 saturated carbocycles. The van der Waals surface area contributed by atoms with Gasteiger partial charge in [-0.2, -0.15) is 0 Å². The fraction of sp³-hybridized carbons (Fsp3) is 1.00. The minimum Gasteiger partial charge on any atom is -0.332 e. The van der Waals surface area contributed by atoms with E-state index < -0.39 is 8.24 Å². The highest BCUT2D eigenvalue weighted by molar-refractivity contribution is 6.76. The van der Waals surface area contributed by atoms with Gasteiger partial charge in [-0.3, -0.25) is 0 Å². The van der Waals surface area contributed by atoms with Gasteiger partial charge in [0, 0.05) is 5.54 Å². The topological polar surface area (TPSA) is 12.0 Å². The van der Waals surface area contributed by atoms with Crippen LogP contribution in [0.1, 0.15) is 59.8 Å². The van der Waals surface area contributed by atoms with Gasteiger partial charge in [0.25, 0.3) is 0 Å². The maximum Gasteiger partial charge on any atom is 0.123 e. The molecule has 0 heterocycles. The average Bonchev–Trinajstić information content (AvgIpc) is 2.54. The van der Waals surface area contributed by atoms with Crippen LogP contribution in [0.15, 0.2) is 0 Å². The monoisotopic (exact) mass is 267 g/mol. The van der Waals surface area contributed by atoms with Gasteiger partial charge in [0.1, 0.15) is 8.24 Å². The fourth-order valence-electron chi connectivity index (χ4n) is 5.03. The molecule has 1 nitrogen and oxygen atoms in total. The van der Waals surface area contributed by atoms with E-state index in [0.29, 0.717) is 0 Å². The third-order valence-corrected chi connectivity index (χ3v) is 9.28. The van der Waals surface area contributed by atoms with Gasteiger partial charge in [0.15, 0.2) is 0 Å². The van der Waals surface area contributed by atoms with Crippen molar-refractivity contribution in [3.63, 3.8) is 0 Å². The van der Waals surface area contributed by atoms with E-state index in [4.69, 9.17) is 0 Å². The molecule has 0 saturated heterocycles. The van der Waals surface area contributed by atoms with Crippen molar-refractivity contribution in [1.82, 2.24) is 4.98 Å². The largest absolute Gasteiger partial charge is 0.332 e. The Hall–Kier alpha value is 0.177. The summed E-state index contributed by atoms with van der Waals surface area (Å²) in [5.41, 5.74) is 1.29. The van der Waals surface area contributed by atoms with E-state index in [-0.39, 0.29) is 5.54 Å². The summed E-state index contributed by atoms with van der Waals surface area (Å²) in [7, 11) is -1.31. The highest BCUT2D eigenvalue weighted by Crippen LogP contribution is 2.55. The second-order valence-electron chi connectivity index (χ2n) is 8.53. The van der Waals surface area contributed by atoms with Gasteiger partial charge in [-0.05, 0) is 56.9 Å². The molecule has 2 aliphatic carbocycles. The number of hydrogen-bond donors (Lipinski definition) is 1. The summed E-state index contributed by atoms with van der Waals surface area (Å²) in [5, 5.41) is 0. The summed E-state index contributed by atoms with van der Waals surface area (Å²) in [4.78, 5) is 4.03. The molecule has 4 unspecified atom stereocenters. The van der Waals surface area contributed by atoms with Crippen LogP contribution in [-0.4, -0.2) is 13.8 Å². The number of nitrogens with one attached hydrogen (secondary N) is 1. The van der Waals surface area contributed by atoms with Crippen LogP contribution < -0.4 is 4.98 Å². The smallest absolute Gasteiger partial charge is 0.123 e. The highest BCUT2D eigenvalue weighted by Gasteiger charge is 2.49. The molecule has 2 aliphatic rings. The highest BCUT2D eigenvalue weighted by atomic mass is 28.3. The Labute approximate surface area is 115 Å². The molecule has 0 bridgehead atoms. The van der Waals surface area contributed by atoms with Gasteiger partial charge in [0.2, 0.25) is 0 Å². The van der Waals surface area contributed by atoms with Crippen LogP contribution >= 0.6 is 0 Å². The molecular weight excluding hydrogens is 234 g/mol. The summed E-state index contributed by atoms with van der Waals surface area (Å²) in [6.45, 7) is 14.7. The molecule has 0 amide bonds. The van der Waals surface area contributed by atoms with E-state index in [1.54, 1.807) is 0 Å². The zero-order chi connectivity index (χ0) is 13.6. The Morgan fingerprint density at radius 1 is 1.00 bits per heavy atom. The number of rotatable bonds is 2. The molecule has 106 valence electrons. The van der Waals surface area contributed by atoms with Crippen LogP contribution in [0.25, 0.3) is 0 Å². The van der Waals surface area contributed by atoms with Gasteiger partial charge in [-0.25, -0.2) is 0 Å². The molecule has 1 N–H and O–H groups in total. The Morgan fingerprint density at radius 2 is 1.56 bits per heavy atom. The molecule has 0 aliphatic heterocycles. The van der Waals surface area contributed by atoms with Crippen molar-refractivity contribution >= 4 is 8.24 Å². The van der Waals surface area contributed by atoms with Crippen LogP contribution in [0.4, 0.5) is 0 Å². The van der Waals surface area contributed by atoms with E-state index >= 15 is 0 Å². The van der Waals surface area contributed by atoms with Gasteiger partial charge in [0.05, 0.1) is 0 Å². The molecule has 2 rings (SSSR count). The lowest BCUT2D eigenvalue weighted by atomic mass is 9.78. The second-order valence-corrected chi connectivity index (χ2v) is 13.0. The average molecular weight is 268 g/mol. The molecule has 0 aromatic rings. The van der Waals surface area contributed by atoms with Crippen LogP contribution in [-0.2, 0) is 0 Å². The third kappa shape index (κ3) is 3.01. The van der Waals surface area contributed by atoms with E-state index in [1.165, 1.54) is 32.1 Å². The maximum absolute atomic E-state index is 4.03. The van der Waals surface area contributed by atoms with Crippen molar-refractivity contribution in [3.05, 3.63) is 0 Å². The molecule has 18 heavy (non-hydrogen) atoms. The van der Waals surface area contributed by atoms with Crippen molar-refractivity contribution < 1.29 is 0 Å². The van der Waals surface area contributed by atoms with E-state index in [0.717, 1.165) is 23.3 Å². The predicted molar refractivity (Wildman–Crippen MR) is 83.3 cm³/mol. The zero-order valence-corrected chi connectivity index (χ0v) is 14.3. The summed E-state index contributed by atoms with van der Waals surface area (Å²) >= 11 is 0. The first-order valence-corrected chi connectivity index (χ1v) is 11.1. The molecule has 2 heteroatoms. The lowest BCUT2D eigenvalue weighted by Crippen LogP contribution is -2.57. The first-order chi connectivity index (χ1) is 8.21. The number of hydrogen-bond acceptors (Lipinski definition) is 1. The minimum atomic E-state index is -1.31. The van der Waals surface area contributed by atoms with Gasteiger partial charge < -0.3 is 4.98 Å². The van der Waals surface area contributed by atoms with E-state index in [9.17, 15) is 0 Å². The Kier molecular flexibility index (Phi) is 4.00. The first-order valence-electron chi connectivity index (χ1n) is 8.00. The van der Waals surface area contributed by atoms with Crippen molar-refractivity contribution in [1.29, 1.82) is 0 Å². The van der Waals surface area contributed by atoms with Gasteiger partial charge >= 0.3 is 0 Å². The molecule has 0 aromatic heterocycles. The first kappa shape index (κ1) is 14.6. The van der Waals surface area contributed by atoms with E-state index in [2.05, 4.69) is 45.8 Å². The summed E-state index contributed by atoms with van der Waals surface area (Å²) in [5.74, 6) is 3.08. The van der Waals surface area contributed by atoms with Crippen LogP contribution in [0.2, 0.25) is 18.6 Å². The standard InChI is InChI=1S/C16H33NSi/c1-12-11-15(14-10-8-7-9-13(12)14)18(5,6)17-16(2,3)4/h12-15,17H,7-11H2,1-6H3. The molecule has 0 spiro atoms. The van der Waals surface area contributed by atoms with Crippen molar-refractivity contribution in [2.24, 2.45) is 17.8 Å². The molecule has 0 aromatic carbocycles. The minimum absolute atomic E-state index is 0.283. The molecular formula is C16H33NSi. The molecule has 0 radical (unpaired) electrons. The lowest BCUT2D eigenvalue weighted by Gasteiger charge is -2.42. The normalized spacial score (nSPS) is 37.7. The van der Waals surface area contributed by atoms with Crippen LogP contribution in [0, 0.1) is 17.8 Å². The zero-order valence-electron chi connectivity index (χ0n) is 13.3. The quantitative estimate of drug-likeness (QED) is 0.709. The van der Waals surface area contributed by atoms with Gasteiger partial charge in [-0.15, -0.1) is 0 Å². The number of fused-ring (bicyclic) bond motifs is 1.